The van der Waals surface area contributed by atoms with Gasteiger partial charge in [0.25, 0.3) is 5.91 Å². The van der Waals surface area contributed by atoms with Crippen LogP contribution >= 0.6 is 24.0 Å². The maximum absolute atomic E-state index is 12.5. The molecule has 0 saturated carbocycles. The van der Waals surface area contributed by atoms with Crippen molar-refractivity contribution in [2.45, 2.75) is 20.3 Å². The third kappa shape index (κ3) is 6.33. The van der Waals surface area contributed by atoms with Gasteiger partial charge >= 0.3 is 0 Å². The van der Waals surface area contributed by atoms with E-state index in [9.17, 15) is 4.79 Å². The number of methoxy groups -OCH3 is 1. The SMILES string of the molecule is C=CCc1ccc(OCCOc2ccc(/C=C3\SC(=S)N(CC)C3=O)cc2OCC)c(OC)c1. The van der Waals surface area contributed by atoms with E-state index >= 15 is 0 Å². The second kappa shape index (κ2) is 12.5. The smallest absolute Gasteiger partial charge is 0.266 e. The molecule has 1 heterocycles. The Labute approximate surface area is 210 Å². The molecule has 1 saturated heterocycles. The van der Waals surface area contributed by atoms with Crippen molar-refractivity contribution in [1.82, 2.24) is 4.90 Å². The predicted octanol–water partition coefficient (Wildman–Crippen LogP) is 5.50. The van der Waals surface area contributed by atoms with E-state index in [1.807, 2.05) is 62.4 Å². The molecule has 2 aromatic carbocycles. The molecule has 0 aromatic heterocycles. The van der Waals surface area contributed by atoms with Crippen molar-refractivity contribution in [2.24, 2.45) is 0 Å². The monoisotopic (exact) mass is 499 g/mol. The first-order valence-electron chi connectivity index (χ1n) is 11.1. The number of nitrogens with zero attached hydrogens (tertiary/aromatic N) is 1. The molecule has 0 atom stereocenters. The summed E-state index contributed by atoms with van der Waals surface area (Å²) in [5, 5.41) is 0. The number of rotatable bonds is 12. The fourth-order valence-corrected chi connectivity index (χ4v) is 4.74. The van der Waals surface area contributed by atoms with E-state index in [1.54, 1.807) is 12.0 Å². The Bertz CT molecular complexity index is 1080. The second-order valence-electron chi connectivity index (χ2n) is 7.24. The number of carbonyl (C=O) groups is 1. The van der Waals surface area contributed by atoms with Crippen LogP contribution in [0.15, 0.2) is 54.0 Å². The summed E-state index contributed by atoms with van der Waals surface area (Å²) in [4.78, 5) is 14.7. The van der Waals surface area contributed by atoms with Crippen LogP contribution in [0.3, 0.4) is 0 Å². The quantitative estimate of drug-likeness (QED) is 0.165. The number of ether oxygens (including phenoxy) is 4. The minimum atomic E-state index is -0.0686. The fraction of sp³-hybridized carbons (Fsp3) is 0.308. The van der Waals surface area contributed by atoms with E-state index in [1.165, 1.54) is 11.8 Å². The highest BCUT2D eigenvalue weighted by Crippen LogP contribution is 2.35. The summed E-state index contributed by atoms with van der Waals surface area (Å²) < 4.78 is 23.6. The van der Waals surface area contributed by atoms with E-state index in [0.29, 0.717) is 58.6 Å². The molecule has 1 amide bonds. The highest BCUT2D eigenvalue weighted by atomic mass is 32.2. The van der Waals surface area contributed by atoms with E-state index < -0.39 is 0 Å². The zero-order chi connectivity index (χ0) is 24.5. The Morgan fingerprint density at radius 2 is 1.71 bits per heavy atom. The molecule has 0 unspecified atom stereocenters. The van der Waals surface area contributed by atoms with Gasteiger partial charge in [0.2, 0.25) is 0 Å². The van der Waals surface area contributed by atoms with Crippen molar-refractivity contribution in [3.63, 3.8) is 0 Å². The molecule has 0 bridgehead atoms. The van der Waals surface area contributed by atoms with Crippen molar-refractivity contribution in [2.75, 3.05) is 33.5 Å². The first-order valence-corrected chi connectivity index (χ1v) is 12.3. The van der Waals surface area contributed by atoms with Gasteiger partial charge in [-0.1, -0.05) is 42.2 Å². The van der Waals surface area contributed by atoms with Crippen molar-refractivity contribution >= 4 is 40.3 Å². The summed E-state index contributed by atoms with van der Waals surface area (Å²) in [5.41, 5.74) is 1.95. The molecule has 8 heteroatoms. The van der Waals surface area contributed by atoms with Crippen LogP contribution in [0, 0.1) is 0 Å². The van der Waals surface area contributed by atoms with Crippen LogP contribution in [0.5, 0.6) is 23.0 Å². The topological polar surface area (TPSA) is 57.2 Å². The number of thiocarbonyl (C=S) groups is 1. The van der Waals surface area contributed by atoms with Gasteiger partial charge in [-0.2, -0.15) is 0 Å². The van der Waals surface area contributed by atoms with Crippen LogP contribution in [-0.4, -0.2) is 48.6 Å². The molecule has 1 fully saturated rings. The minimum absolute atomic E-state index is 0.0686. The van der Waals surface area contributed by atoms with Crippen molar-refractivity contribution in [3.8, 4) is 23.0 Å². The normalized spacial score (nSPS) is 14.4. The molecule has 180 valence electrons. The zero-order valence-electron chi connectivity index (χ0n) is 19.7. The molecule has 0 aliphatic carbocycles. The van der Waals surface area contributed by atoms with Gasteiger partial charge < -0.3 is 18.9 Å². The Hall–Kier alpha value is -2.97. The summed E-state index contributed by atoms with van der Waals surface area (Å²) in [6.07, 6.45) is 4.44. The lowest BCUT2D eigenvalue weighted by atomic mass is 10.1. The van der Waals surface area contributed by atoms with E-state index in [2.05, 4.69) is 6.58 Å². The van der Waals surface area contributed by atoms with Crippen molar-refractivity contribution < 1.29 is 23.7 Å². The molecular formula is C26H29NO5S2. The van der Waals surface area contributed by atoms with Gasteiger partial charge in [-0.3, -0.25) is 9.69 Å². The molecule has 0 radical (unpaired) electrons. The van der Waals surface area contributed by atoms with Gasteiger partial charge in [0, 0.05) is 6.54 Å². The number of hydrogen-bond donors (Lipinski definition) is 0. The molecule has 34 heavy (non-hydrogen) atoms. The van der Waals surface area contributed by atoms with Gasteiger partial charge in [0.1, 0.15) is 17.5 Å². The van der Waals surface area contributed by atoms with Gasteiger partial charge in [-0.25, -0.2) is 0 Å². The number of allylic oxidation sites excluding steroid dienone is 1. The van der Waals surface area contributed by atoms with E-state index in [-0.39, 0.29) is 5.91 Å². The maximum Gasteiger partial charge on any atom is 0.266 e. The number of likely N-dealkylation sites (N-methyl/N-ethyl adjacent to an activating group) is 1. The van der Waals surface area contributed by atoms with Crippen molar-refractivity contribution in [1.29, 1.82) is 0 Å². The third-order valence-electron chi connectivity index (χ3n) is 4.96. The van der Waals surface area contributed by atoms with Gasteiger partial charge in [0.05, 0.1) is 18.6 Å². The first-order chi connectivity index (χ1) is 16.5. The molecule has 3 rings (SSSR count). The number of thioether (sulfide) groups is 1. The lowest BCUT2D eigenvalue weighted by molar-refractivity contribution is -0.121. The molecule has 6 nitrogen and oxygen atoms in total. The number of hydrogen-bond acceptors (Lipinski definition) is 7. The summed E-state index contributed by atoms with van der Waals surface area (Å²) >= 11 is 6.60. The number of amides is 1. The average Bonchev–Trinajstić information content (AvgIpc) is 3.10. The molecule has 0 N–H and O–H groups in total. The molecule has 1 aliphatic rings. The van der Waals surface area contributed by atoms with Crippen LogP contribution in [0.1, 0.15) is 25.0 Å². The lowest BCUT2D eigenvalue weighted by Crippen LogP contribution is -2.27. The standard InChI is InChI=1S/C26H29NO5S2/c1-5-8-18-9-11-20(22(15-18)29-4)31-13-14-32-21-12-10-19(16-23(21)30-7-3)17-24-25(28)27(6-2)26(33)34-24/h5,9-12,15-17H,1,6-8,13-14H2,2-4H3/b24-17-. The molecular weight excluding hydrogens is 470 g/mol. The molecule has 2 aromatic rings. The van der Waals surface area contributed by atoms with Crippen LogP contribution in [0.4, 0.5) is 0 Å². The van der Waals surface area contributed by atoms with Crippen LogP contribution in [0.2, 0.25) is 0 Å². The summed E-state index contributed by atoms with van der Waals surface area (Å²) in [6, 6.07) is 11.4. The van der Waals surface area contributed by atoms with Gasteiger partial charge in [-0.15, -0.1) is 6.58 Å². The minimum Gasteiger partial charge on any atom is -0.493 e. The molecule has 1 aliphatic heterocycles. The maximum atomic E-state index is 12.5. The summed E-state index contributed by atoms with van der Waals surface area (Å²) in [5.74, 6) is 2.47. The Balaban J connectivity index is 1.64. The Morgan fingerprint density at radius 3 is 2.32 bits per heavy atom. The van der Waals surface area contributed by atoms with Crippen LogP contribution in [-0.2, 0) is 11.2 Å². The van der Waals surface area contributed by atoms with Gasteiger partial charge in [-0.05, 0) is 61.7 Å². The van der Waals surface area contributed by atoms with Crippen LogP contribution < -0.4 is 18.9 Å². The highest BCUT2D eigenvalue weighted by Gasteiger charge is 2.30. The van der Waals surface area contributed by atoms with Crippen molar-refractivity contribution in [3.05, 3.63) is 65.1 Å². The fourth-order valence-electron chi connectivity index (χ4n) is 3.35. The number of benzene rings is 2. The van der Waals surface area contributed by atoms with Gasteiger partial charge in [0.15, 0.2) is 23.0 Å². The first kappa shape index (κ1) is 25.6. The third-order valence-corrected chi connectivity index (χ3v) is 6.34. The largest absolute Gasteiger partial charge is 0.493 e. The van der Waals surface area contributed by atoms with Crippen LogP contribution in [0.25, 0.3) is 6.08 Å². The zero-order valence-corrected chi connectivity index (χ0v) is 21.3. The number of carbonyl (C=O) groups excluding carboxylic acids is 1. The summed E-state index contributed by atoms with van der Waals surface area (Å²) in [6.45, 7) is 9.29. The van der Waals surface area contributed by atoms with E-state index in [0.717, 1.165) is 17.5 Å². The lowest BCUT2D eigenvalue weighted by Gasteiger charge is -2.14. The predicted molar refractivity (Wildman–Crippen MR) is 141 cm³/mol. The highest BCUT2D eigenvalue weighted by molar-refractivity contribution is 8.26. The average molecular weight is 500 g/mol. The Kier molecular flexibility index (Phi) is 9.42. The summed E-state index contributed by atoms with van der Waals surface area (Å²) in [7, 11) is 1.62. The van der Waals surface area contributed by atoms with E-state index in [4.69, 9.17) is 31.2 Å². The molecule has 0 spiro atoms. The Morgan fingerprint density at radius 1 is 1.00 bits per heavy atom. The second-order valence-corrected chi connectivity index (χ2v) is 8.92.